The molecule has 6 heterocycles. The molecule has 6 aliphatic heterocycles. The number of benzene rings is 4. The van der Waals surface area contributed by atoms with E-state index in [1.807, 2.05) is 18.2 Å². The first-order chi connectivity index (χ1) is 28.8. The van der Waals surface area contributed by atoms with Gasteiger partial charge in [-0.15, -0.1) is 0 Å². The van der Waals surface area contributed by atoms with Crippen molar-refractivity contribution in [3.8, 4) is 11.5 Å². The lowest BCUT2D eigenvalue weighted by Crippen LogP contribution is -2.65. The number of imide groups is 1. The van der Waals surface area contributed by atoms with E-state index < -0.39 is 11.9 Å². The summed E-state index contributed by atoms with van der Waals surface area (Å²) in [5.41, 5.74) is 9.00. The van der Waals surface area contributed by atoms with Crippen molar-refractivity contribution in [2.45, 2.75) is 74.6 Å². The molecule has 1 spiro atoms. The number of aryl methyl sites for hydroxylation is 1. The monoisotopic (exact) mass is 793 g/mol. The van der Waals surface area contributed by atoms with E-state index in [1.165, 1.54) is 34.4 Å². The zero-order valence-corrected chi connectivity index (χ0v) is 33.4. The Balaban J connectivity index is 0.687. The van der Waals surface area contributed by atoms with Gasteiger partial charge >= 0.3 is 0 Å². The average Bonchev–Trinajstić information content (AvgIpc) is 3.56. The predicted molar refractivity (Wildman–Crippen MR) is 223 cm³/mol. The van der Waals surface area contributed by atoms with E-state index in [0.29, 0.717) is 42.7 Å². The van der Waals surface area contributed by atoms with Gasteiger partial charge in [-0.25, -0.2) is 0 Å². The molecule has 2 N–H and O–H groups in total. The highest BCUT2D eigenvalue weighted by atomic mass is 16.5. The largest absolute Gasteiger partial charge is 0.508 e. The zero-order chi connectivity index (χ0) is 39.8. The molecule has 0 radical (unpaired) electrons. The van der Waals surface area contributed by atoms with E-state index in [1.54, 1.807) is 4.90 Å². The maximum absolute atomic E-state index is 13.4. The third kappa shape index (κ3) is 6.53. The molecule has 2 unspecified atom stereocenters. The van der Waals surface area contributed by atoms with Crippen LogP contribution in [-0.2, 0) is 27.3 Å². The highest BCUT2D eigenvalue weighted by molar-refractivity contribution is 6.06. The highest BCUT2D eigenvalue weighted by Gasteiger charge is 2.48. The van der Waals surface area contributed by atoms with E-state index >= 15 is 0 Å². The second-order valence-electron chi connectivity index (χ2n) is 18.1. The maximum Gasteiger partial charge on any atom is 0.255 e. The van der Waals surface area contributed by atoms with Crippen LogP contribution in [0.1, 0.15) is 82.1 Å². The molecule has 5 atom stereocenters. The molecule has 4 saturated heterocycles. The number of aromatic hydroxyl groups is 1. The number of nitrogens with zero attached hydrogens (tertiary/aromatic N) is 4. The third-order valence-electron chi connectivity index (χ3n) is 14.5. The number of carbonyl (C=O) groups excluding carboxylic acids is 3. The minimum Gasteiger partial charge on any atom is -0.508 e. The molecular weight excluding hydrogens is 743 g/mol. The average molecular weight is 794 g/mol. The highest BCUT2D eigenvalue weighted by Crippen LogP contribution is 2.48. The van der Waals surface area contributed by atoms with Gasteiger partial charge in [-0.3, -0.25) is 24.6 Å². The minimum absolute atomic E-state index is 0.0626. The molecule has 4 aromatic carbocycles. The number of piperidine rings is 1. The molecule has 11 nitrogen and oxygen atoms in total. The van der Waals surface area contributed by atoms with Crippen molar-refractivity contribution in [2.75, 3.05) is 62.3 Å². The number of hydrogen-bond acceptors (Lipinski definition) is 9. The third-order valence-corrected chi connectivity index (χ3v) is 14.5. The Labute approximate surface area is 344 Å². The molecule has 4 aromatic rings. The van der Waals surface area contributed by atoms with Crippen LogP contribution in [0.15, 0.2) is 84.9 Å². The topological polar surface area (TPSA) is 115 Å². The molecule has 11 heteroatoms. The molecular formula is C48H51N5O6. The van der Waals surface area contributed by atoms with Crippen LogP contribution in [0.25, 0.3) is 0 Å². The van der Waals surface area contributed by atoms with Gasteiger partial charge in [0.15, 0.2) is 0 Å². The summed E-state index contributed by atoms with van der Waals surface area (Å²) in [6.07, 6.45) is 4.87. The lowest BCUT2D eigenvalue weighted by Gasteiger charge is -2.54. The van der Waals surface area contributed by atoms with Crippen molar-refractivity contribution >= 4 is 29.1 Å². The quantitative estimate of drug-likeness (QED) is 0.242. The van der Waals surface area contributed by atoms with Crippen molar-refractivity contribution in [1.82, 2.24) is 15.1 Å². The van der Waals surface area contributed by atoms with Crippen molar-refractivity contribution in [2.24, 2.45) is 5.92 Å². The van der Waals surface area contributed by atoms with Gasteiger partial charge in [-0.1, -0.05) is 48.5 Å². The lowest BCUT2D eigenvalue weighted by atomic mass is 9.69. The fourth-order valence-electron chi connectivity index (χ4n) is 11.3. The number of piperazine rings is 1. The van der Waals surface area contributed by atoms with Gasteiger partial charge in [0.2, 0.25) is 11.8 Å². The predicted octanol–water partition coefficient (Wildman–Crippen LogP) is 5.58. The van der Waals surface area contributed by atoms with Crippen LogP contribution >= 0.6 is 0 Å². The van der Waals surface area contributed by atoms with Crippen molar-refractivity contribution in [3.63, 3.8) is 0 Å². The molecule has 59 heavy (non-hydrogen) atoms. The second kappa shape index (κ2) is 14.4. The Morgan fingerprint density at radius 1 is 0.814 bits per heavy atom. The minimum atomic E-state index is -0.626. The van der Waals surface area contributed by atoms with E-state index in [9.17, 15) is 19.5 Å². The van der Waals surface area contributed by atoms with Gasteiger partial charge < -0.3 is 29.3 Å². The lowest BCUT2D eigenvalue weighted by molar-refractivity contribution is -0.136. The van der Waals surface area contributed by atoms with E-state index in [4.69, 9.17) is 9.47 Å². The van der Waals surface area contributed by atoms with Crippen LogP contribution in [0.4, 0.5) is 11.4 Å². The number of anilines is 2. The van der Waals surface area contributed by atoms with E-state index in [0.717, 1.165) is 82.1 Å². The van der Waals surface area contributed by atoms with Crippen LogP contribution in [-0.4, -0.2) is 103 Å². The van der Waals surface area contributed by atoms with Crippen LogP contribution in [0.2, 0.25) is 0 Å². The summed E-state index contributed by atoms with van der Waals surface area (Å²) in [7, 11) is 0. The fourth-order valence-corrected chi connectivity index (χ4v) is 11.3. The molecule has 7 aliphatic rings. The first-order valence-corrected chi connectivity index (χ1v) is 21.6. The summed E-state index contributed by atoms with van der Waals surface area (Å²) in [6, 6.07) is 29.6. The molecule has 11 rings (SSSR count). The summed E-state index contributed by atoms with van der Waals surface area (Å²) in [5.74, 6) is 1.37. The Morgan fingerprint density at radius 3 is 2.46 bits per heavy atom. The number of carbonyl (C=O) groups is 3. The van der Waals surface area contributed by atoms with Crippen LogP contribution in [0, 0.1) is 5.92 Å². The SMILES string of the molecule is O=C1CCC(N2Cc3cc4c(cc3C2=O)OC[C@@H]2CN(CC3CCC5(CN(c6ccc([C@@H]7c8ccc(O)cc8CC[C@@H]7c7ccccc7)cc6)C5)OC3)CCN42)C(=O)N1. The number of fused-ring (bicyclic) bond motifs is 5. The Kier molecular flexibility index (Phi) is 8.96. The summed E-state index contributed by atoms with van der Waals surface area (Å²) < 4.78 is 13.0. The van der Waals surface area contributed by atoms with Crippen molar-refractivity contribution < 1.29 is 29.0 Å². The molecule has 0 aromatic heterocycles. The normalized spacial score (nSPS) is 27.3. The van der Waals surface area contributed by atoms with Gasteiger partial charge in [0, 0.05) is 69.4 Å². The number of nitrogens with one attached hydrogen (secondary N) is 1. The van der Waals surface area contributed by atoms with Gasteiger partial charge in [0.1, 0.15) is 29.7 Å². The van der Waals surface area contributed by atoms with Gasteiger partial charge in [0.05, 0.1) is 18.3 Å². The summed E-state index contributed by atoms with van der Waals surface area (Å²) in [5, 5.41) is 12.6. The molecule has 0 saturated carbocycles. The molecule has 4 fully saturated rings. The molecule has 304 valence electrons. The summed E-state index contributed by atoms with van der Waals surface area (Å²) in [4.78, 5) is 46.7. The summed E-state index contributed by atoms with van der Waals surface area (Å²) >= 11 is 0. The van der Waals surface area contributed by atoms with Crippen LogP contribution in [0.5, 0.6) is 11.5 Å². The number of ether oxygens (including phenoxy) is 2. The Hall–Kier alpha value is -5.39. The van der Waals surface area contributed by atoms with Crippen molar-refractivity contribution in [3.05, 3.63) is 118 Å². The van der Waals surface area contributed by atoms with Gasteiger partial charge in [-0.05, 0) is 108 Å². The summed E-state index contributed by atoms with van der Waals surface area (Å²) in [6.45, 7) is 7.37. The van der Waals surface area contributed by atoms with Gasteiger partial charge in [-0.2, -0.15) is 0 Å². The fraction of sp³-hybridized carbons (Fsp3) is 0.438. The standard InChI is InChI=1S/C48H51N5O6/c54-37-11-13-39-33(20-37)8-12-38(31-4-2-1-3-5-31)45(39)32-6-9-35(10-7-32)51-28-48(29-51)17-16-30(26-59-48)23-50-18-19-52-36(25-50)27-58-43-22-40-34(21-42(43)52)24-53(47(40)57)41-14-15-44(55)49-46(41)56/h1-7,9-11,13,20-22,30,36,38,41,45,54H,8,12,14-19,23-29H2,(H,49,55,56)/t30?,36-,38+,41?,45-/m0/s1. The van der Waals surface area contributed by atoms with Crippen molar-refractivity contribution in [1.29, 1.82) is 0 Å². The van der Waals surface area contributed by atoms with E-state index in [2.05, 4.69) is 86.7 Å². The number of rotatable bonds is 6. The number of amides is 3. The number of hydrogen-bond donors (Lipinski definition) is 2. The first kappa shape index (κ1) is 36.7. The van der Waals surface area contributed by atoms with E-state index in [-0.39, 0.29) is 35.8 Å². The smallest absolute Gasteiger partial charge is 0.255 e. The number of phenolic OH excluding ortho intramolecular Hbond substituents is 1. The molecule has 0 bridgehead atoms. The van der Waals surface area contributed by atoms with Crippen LogP contribution in [0.3, 0.4) is 0 Å². The first-order valence-electron chi connectivity index (χ1n) is 21.6. The maximum atomic E-state index is 13.4. The zero-order valence-electron chi connectivity index (χ0n) is 33.4. The second-order valence-corrected chi connectivity index (χ2v) is 18.1. The molecule has 1 aliphatic carbocycles. The Bertz CT molecular complexity index is 2300. The Morgan fingerprint density at radius 2 is 1.66 bits per heavy atom. The molecule has 3 amide bonds. The number of phenols is 1. The van der Waals surface area contributed by atoms with Crippen LogP contribution < -0.4 is 19.9 Å². The van der Waals surface area contributed by atoms with Gasteiger partial charge in [0.25, 0.3) is 5.91 Å².